The van der Waals surface area contributed by atoms with Gasteiger partial charge in [0.05, 0.1) is 0 Å². The second-order valence-electron chi connectivity index (χ2n) is 11.2. The molecule has 3 N–H and O–H groups in total. The molecule has 1 saturated heterocycles. The van der Waals surface area contributed by atoms with Crippen molar-refractivity contribution in [2.24, 2.45) is 10.7 Å². The Labute approximate surface area is 248 Å². The van der Waals surface area contributed by atoms with Crippen LogP contribution in [0.15, 0.2) is 22.5 Å². The number of amides is 3. The smallest absolute Gasteiger partial charge is 0.351 e. The van der Waals surface area contributed by atoms with Gasteiger partial charge in [-0.1, -0.05) is 19.3 Å². The van der Waals surface area contributed by atoms with E-state index in [0.717, 1.165) is 16.5 Å². The van der Waals surface area contributed by atoms with Crippen molar-refractivity contribution in [3.63, 3.8) is 0 Å². The van der Waals surface area contributed by atoms with Gasteiger partial charge in [0, 0.05) is 44.1 Å². The number of benzene rings is 1. The number of carbonyl (C=O) groups is 2. The molecule has 3 amide bonds. The lowest BCUT2D eigenvalue weighted by atomic mass is 9.89. The Balaban J connectivity index is 1.51. The summed E-state index contributed by atoms with van der Waals surface area (Å²) >= 11 is 0. The van der Waals surface area contributed by atoms with Gasteiger partial charge < -0.3 is 11.1 Å². The number of rotatable bonds is 12. The maximum absolute atomic E-state index is 13.1. The predicted octanol–water partition coefficient (Wildman–Crippen LogP) is 5.41. The summed E-state index contributed by atoms with van der Waals surface area (Å²) in [4.78, 5) is 30.1. The summed E-state index contributed by atoms with van der Waals surface area (Å²) in [6, 6.07) is 2.86. The van der Waals surface area contributed by atoms with Crippen LogP contribution in [0, 0.1) is 13.8 Å². The summed E-state index contributed by atoms with van der Waals surface area (Å²) in [5, 5.41) is 3.89. The number of urea groups is 1. The third-order valence-electron chi connectivity index (χ3n) is 7.96. The van der Waals surface area contributed by atoms with E-state index in [1.807, 2.05) is 0 Å². The van der Waals surface area contributed by atoms with E-state index in [1.165, 1.54) is 15.3 Å². The highest BCUT2D eigenvalue weighted by Gasteiger charge is 2.56. The predicted molar refractivity (Wildman–Crippen MR) is 154 cm³/mol. The second-order valence-corrected chi connectivity index (χ2v) is 13.0. The van der Waals surface area contributed by atoms with Crippen molar-refractivity contribution >= 4 is 39.6 Å². The summed E-state index contributed by atoms with van der Waals surface area (Å²) in [6.07, 6.45) is -2.77. The molecule has 0 aromatic heterocycles. The third-order valence-corrected chi connectivity index (χ3v) is 9.53. The lowest BCUT2D eigenvalue weighted by Gasteiger charge is -2.34. The van der Waals surface area contributed by atoms with Gasteiger partial charge in [0.1, 0.15) is 11.4 Å². The van der Waals surface area contributed by atoms with Crippen LogP contribution < -0.4 is 16.0 Å². The first-order chi connectivity index (χ1) is 19.9. The molecule has 2 heterocycles. The van der Waals surface area contributed by atoms with Crippen molar-refractivity contribution in [3.8, 4) is 0 Å². The molecule has 9 nitrogen and oxygen atoms in total. The minimum absolute atomic E-state index is 0.0970. The summed E-state index contributed by atoms with van der Waals surface area (Å²) in [5.41, 5.74) is 7.10. The zero-order chi connectivity index (χ0) is 32.2. The summed E-state index contributed by atoms with van der Waals surface area (Å²) in [6.45, 7) is 3.80. The van der Waals surface area contributed by atoms with Crippen molar-refractivity contribution in [3.05, 3.63) is 34.2 Å². The molecule has 0 saturated carbocycles. The average Bonchev–Trinajstić information content (AvgIpc) is 3.20. The van der Waals surface area contributed by atoms with Gasteiger partial charge in [0.25, 0.3) is 5.91 Å². The van der Waals surface area contributed by atoms with Crippen LogP contribution >= 0.6 is 0 Å². The lowest BCUT2D eigenvalue weighted by molar-refractivity contribution is -0.284. The quantitative estimate of drug-likeness (QED) is 0.235. The molecule has 15 heteroatoms. The molecule has 43 heavy (non-hydrogen) atoms. The van der Waals surface area contributed by atoms with Crippen molar-refractivity contribution in [2.75, 3.05) is 25.0 Å². The van der Waals surface area contributed by atoms with Gasteiger partial charge in [-0.3, -0.25) is 14.7 Å². The number of nitrogens with one attached hydrogen (secondary N) is 1. The van der Waals surface area contributed by atoms with E-state index in [-0.39, 0.29) is 44.7 Å². The SMILES string of the molecule is Cc1cc(N(C)C(N)=O)cc(C)c1C=CS(=O)(=O)N1CCC2(CC1)N=C(CCCCCCCC(F)(F)C(F)(F)F)NC2=O. The fourth-order valence-corrected chi connectivity index (χ4v) is 6.41. The number of primary amides is 1. The largest absolute Gasteiger partial charge is 0.453 e. The van der Waals surface area contributed by atoms with E-state index < -0.39 is 40.1 Å². The molecule has 2 aliphatic heterocycles. The highest BCUT2D eigenvalue weighted by atomic mass is 32.2. The number of amidine groups is 1. The number of unbranched alkanes of at least 4 members (excludes halogenated alkanes) is 4. The van der Waals surface area contributed by atoms with Crippen molar-refractivity contribution in [1.29, 1.82) is 0 Å². The second kappa shape index (κ2) is 13.3. The first-order valence-electron chi connectivity index (χ1n) is 14.1. The number of halogens is 5. The standard InChI is InChI=1S/C28H38F5N5O4S/c1-19-17-21(37(3)25(34)40)18-20(2)22(19)10-16-43(41,42)38-14-12-26(13-15-38)24(39)35-23(36-26)9-7-5-4-6-8-11-27(29,30)28(31,32)33/h10,16-18H,4-9,11-15H2,1-3H3,(H2,34,40)(H,35,36,39). The first-order valence-corrected chi connectivity index (χ1v) is 15.6. The molecule has 0 radical (unpaired) electrons. The zero-order valence-electron chi connectivity index (χ0n) is 24.4. The summed E-state index contributed by atoms with van der Waals surface area (Å²) in [5.74, 6) is -4.50. The molecule has 0 unspecified atom stereocenters. The molecule has 1 aromatic rings. The van der Waals surface area contributed by atoms with E-state index in [4.69, 9.17) is 5.73 Å². The molecule has 2 aliphatic rings. The average molecular weight is 636 g/mol. The number of nitrogens with two attached hydrogens (primary N) is 1. The van der Waals surface area contributed by atoms with Gasteiger partial charge >= 0.3 is 18.1 Å². The van der Waals surface area contributed by atoms with Gasteiger partial charge in [-0.25, -0.2) is 13.2 Å². The Bertz CT molecular complexity index is 1350. The lowest BCUT2D eigenvalue weighted by Crippen LogP contribution is -2.50. The van der Waals surface area contributed by atoms with E-state index >= 15 is 0 Å². The molecule has 0 atom stereocenters. The molecule has 0 bridgehead atoms. The molecule has 1 fully saturated rings. The van der Waals surface area contributed by atoms with Gasteiger partial charge in [-0.2, -0.15) is 26.3 Å². The Morgan fingerprint density at radius 3 is 2.19 bits per heavy atom. The van der Waals surface area contributed by atoms with Crippen LogP contribution in [0.2, 0.25) is 0 Å². The topological polar surface area (TPSA) is 125 Å². The van der Waals surface area contributed by atoms with Crippen molar-refractivity contribution < 1.29 is 40.0 Å². The molecule has 1 spiro atoms. The zero-order valence-corrected chi connectivity index (χ0v) is 25.3. The molecule has 3 rings (SSSR count). The number of hydrogen-bond acceptors (Lipinski definition) is 5. The fraction of sp³-hybridized carbons (Fsp3) is 0.607. The van der Waals surface area contributed by atoms with E-state index in [0.29, 0.717) is 42.8 Å². The molecular weight excluding hydrogens is 597 g/mol. The normalized spacial score (nSPS) is 17.9. The van der Waals surface area contributed by atoms with Gasteiger partial charge in [-0.15, -0.1) is 0 Å². The van der Waals surface area contributed by atoms with Crippen molar-refractivity contribution in [1.82, 2.24) is 9.62 Å². The van der Waals surface area contributed by atoms with Crippen LogP contribution in [0.3, 0.4) is 0 Å². The van der Waals surface area contributed by atoms with E-state index in [9.17, 15) is 40.0 Å². The Morgan fingerprint density at radius 1 is 1.07 bits per heavy atom. The van der Waals surface area contributed by atoms with Crippen LogP contribution in [-0.2, 0) is 14.8 Å². The molecule has 1 aromatic carbocycles. The maximum atomic E-state index is 13.1. The minimum Gasteiger partial charge on any atom is -0.351 e. The molecule has 0 aliphatic carbocycles. The van der Waals surface area contributed by atoms with Gasteiger partial charge in [-0.05, 0) is 74.4 Å². The number of aryl methyl sites for hydroxylation is 2. The summed E-state index contributed by atoms with van der Waals surface area (Å²) in [7, 11) is -2.25. The van der Waals surface area contributed by atoms with Crippen LogP contribution in [-0.4, -0.2) is 68.3 Å². The highest BCUT2D eigenvalue weighted by molar-refractivity contribution is 7.92. The van der Waals surface area contributed by atoms with Crippen LogP contribution in [0.1, 0.15) is 74.5 Å². The number of alkyl halides is 5. The Hall–Kier alpha value is -3.07. The fourth-order valence-electron chi connectivity index (χ4n) is 5.24. The van der Waals surface area contributed by atoms with E-state index in [1.54, 1.807) is 33.0 Å². The van der Waals surface area contributed by atoms with Crippen LogP contribution in [0.4, 0.5) is 32.4 Å². The number of aliphatic imine (C=N–C) groups is 1. The summed E-state index contributed by atoms with van der Waals surface area (Å²) < 4.78 is 90.1. The van der Waals surface area contributed by atoms with Gasteiger partial charge in [0.15, 0.2) is 0 Å². The first kappa shape index (κ1) is 34.4. The third kappa shape index (κ3) is 8.31. The van der Waals surface area contributed by atoms with Crippen LogP contribution in [0.25, 0.3) is 6.08 Å². The number of piperidine rings is 1. The van der Waals surface area contributed by atoms with Crippen molar-refractivity contribution in [2.45, 2.75) is 89.3 Å². The highest BCUT2D eigenvalue weighted by Crippen LogP contribution is 2.39. The number of hydrogen-bond donors (Lipinski definition) is 2. The molecular formula is C28H38F5N5O4S. The number of nitrogens with zero attached hydrogens (tertiary/aromatic N) is 3. The monoisotopic (exact) mass is 635 g/mol. The maximum Gasteiger partial charge on any atom is 0.453 e. The number of anilines is 1. The number of sulfonamides is 1. The minimum atomic E-state index is -5.53. The van der Waals surface area contributed by atoms with Gasteiger partial charge in [0.2, 0.25) is 10.0 Å². The van der Waals surface area contributed by atoms with E-state index in [2.05, 4.69) is 10.3 Å². The molecule has 240 valence electrons. The Kier molecular flexibility index (Phi) is 10.6. The number of carbonyl (C=O) groups excluding carboxylic acids is 2. The van der Waals surface area contributed by atoms with Crippen LogP contribution in [0.5, 0.6) is 0 Å². The Morgan fingerprint density at radius 2 is 1.63 bits per heavy atom.